The van der Waals surface area contributed by atoms with E-state index in [2.05, 4.69) is 39.0 Å². The Morgan fingerprint density at radius 1 is 0.897 bits per heavy atom. The first-order valence-electron chi connectivity index (χ1n) is 12.6. The standard InChI is InChI=1S/C30H32N6O3/c1-36(16-19-7-5-4-6-8-19)17-21(31)18-39-22-9-20(13-33-14-22)26-10-23-24-11-28(37-2)29(38-3)12-27(24)34-15-25(23)30(32)35-26/h4-15,21H,16-18,31H2,1-3H3,(H2,32,35)/t21-/m0/s1. The van der Waals surface area contributed by atoms with Crippen molar-refractivity contribution in [2.45, 2.75) is 12.6 Å². The molecule has 0 aliphatic rings. The van der Waals surface area contributed by atoms with Gasteiger partial charge < -0.3 is 30.6 Å². The monoisotopic (exact) mass is 524 g/mol. The van der Waals surface area contributed by atoms with Crippen molar-refractivity contribution >= 4 is 27.5 Å². The molecule has 39 heavy (non-hydrogen) atoms. The highest BCUT2D eigenvalue weighted by molar-refractivity contribution is 6.10. The molecule has 0 unspecified atom stereocenters. The second-order valence-electron chi connectivity index (χ2n) is 9.50. The Hall–Kier alpha value is -4.47. The molecule has 0 bridgehead atoms. The summed E-state index contributed by atoms with van der Waals surface area (Å²) >= 11 is 0. The van der Waals surface area contributed by atoms with Crippen molar-refractivity contribution in [1.82, 2.24) is 19.9 Å². The largest absolute Gasteiger partial charge is 0.493 e. The molecule has 200 valence electrons. The number of hydrogen-bond donors (Lipinski definition) is 2. The number of ether oxygens (including phenoxy) is 3. The first kappa shape index (κ1) is 26.1. The summed E-state index contributed by atoms with van der Waals surface area (Å²) in [6.45, 7) is 1.87. The number of nitrogens with two attached hydrogens (primary N) is 2. The fourth-order valence-corrected chi connectivity index (χ4v) is 4.66. The maximum atomic E-state index is 6.37. The van der Waals surface area contributed by atoms with Crippen LogP contribution in [0, 0.1) is 0 Å². The van der Waals surface area contributed by atoms with E-state index < -0.39 is 0 Å². The SMILES string of the molecule is COc1cc2ncc3c(N)nc(-c4cncc(OC[C@@H](N)CN(C)Cc5ccccc5)c4)cc3c2cc1OC. The van der Waals surface area contributed by atoms with E-state index in [1.807, 2.05) is 42.5 Å². The molecule has 9 heteroatoms. The van der Waals surface area contributed by atoms with E-state index in [-0.39, 0.29) is 6.04 Å². The smallest absolute Gasteiger partial charge is 0.162 e. The maximum Gasteiger partial charge on any atom is 0.162 e. The molecule has 0 saturated heterocycles. The Labute approximate surface area is 227 Å². The fraction of sp³-hybridized carbons (Fsp3) is 0.233. The van der Waals surface area contributed by atoms with Crippen molar-refractivity contribution in [1.29, 1.82) is 0 Å². The molecular formula is C30H32N6O3. The summed E-state index contributed by atoms with van der Waals surface area (Å²) in [5.74, 6) is 2.21. The number of pyridine rings is 3. The summed E-state index contributed by atoms with van der Waals surface area (Å²) in [7, 11) is 5.26. The number of methoxy groups -OCH3 is 2. The minimum atomic E-state index is -0.164. The summed E-state index contributed by atoms with van der Waals surface area (Å²) in [5.41, 5.74) is 16.2. The minimum Gasteiger partial charge on any atom is -0.493 e. The molecule has 0 spiro atoms. The van der Waals surface area contributed by atoms with Crippen LogP contribution in [0.15, 0.2) is 73.2 Å². The van der Waals surface area contributed by atoms with Gasteiger partial charge in [0.25, 0.3) is 0 Å². The fourth-order valence-electron chi connectivity index (χ4n) is 4.66. The zero-order valence-electron chi connectivity index (χ0n) is 22.3. The highest BCUT2D eigenvalue weighted by Gasteiger charge is 2.14. The van der Waals surface area contributed by atoms with Gasteiger partial charge in [-0.3, -0.25) is 9.97 Å². The van der Waals surface area contributed by atoms with Gasteiger partial charge in [0.1, 0.15) is 18.2 Å². The number of nitrogens with zero attached hydrogens (tertiary/aromatic N) is 4. The lowest BCUT2D eigenvalue weighted by molar-refractivity contribution is 0.233. The zero-order valence-corrected chi connectivity index (χ0v) is 22.3. The zero-order chi connectivity index (χ0) is 27.4. The summed E-state index contributed by atoms with van der Waals surface area (Å²) in [6, 6.07) is 17.8. The van der Waals surface area contributed by atoms with Crippen LogP contribution in [-0.4, -0.2) is 60.3 Å². The maximum absolute atomic E-state index is 6.37. The van der Waals surface area contributed by atoms with Crippen LogP contribution in [0.2, 0.25) is 0 Å². The lowest BCUT2D eigenvalue weighted by Gasteiger charge is -2.21. The first-order chi connectivity index (χ1) is 18.9. The number of fused-ring (bicyclic) bond motifs is 3. The van der Waals surface area contributed by atoms with Gasteiger partial charge in [0.05, 0.1) is 37.7 Å². The predicted octanol–water partition coefficient (Wildman–Crippen LogP) is 4.28. The Morgan fingerprint density at radius 3 is 2.44 bits per heavy atom. The second kappa shape index (κ2) is 11.5. The van der Waals surface area contributed by atoms with Gasteiger partial charge in [-0.1, -0.05) is 30.3 Å². The summed E-state index contributed by atoms with van der Waals surface area (Å²) in [4.78, 5) is 15.7. The Balaban J connectivity index is 1.36. The van der Waals surface area contributed by atoms with Gasteiger partial charge in [-0.25, -0.2) is 4.98 Å². The van der Waals surface area contributed by atoms with E-state index in [0.717, 1.165) is 33.8 Å². The minimum absolute atomic E-state index is 0.164. The van der Waals surface area contributed by atoms with Crippen LogP contribution in [0.1, 0.15) is 5.56 Å². The third kappa shape index (κ3) is 5.84. The normalized spacial score (nSPS) is 12.1. The Bertz CT molecular complexity index is 1600. The van der Waals surface area contributed by atoms with E-state index >= 15 is 0 Å². The van der Waals surface area contributed by atoms with Crippen LogP contribution in [0.25, 0.3) is 32.9 Å². The average molecular weight is 525 g/mol. The van der Waals surface area contributed by atoms with Gasteiger partial charge in [-0.05, 0) is 36.2 Å². The number of anilines is 1. The van der Waals surface area contributed by atoms with Crippen LogP contribution < -0.4 is 25.7 Å². The number of rotatable bonds is 10. The van der Waals surface area contributed by atoms with Crippen LogP contribution in [-0.2, 0) is 6.54 Å². The van der Waals surface area contributed by atoms with Crippen LogP contribution in [0.3, 0.4) is 0 Å². The van der Waals surface area contributed by atoms with E-state index in [9.17, 15) is 0 Å². The highest BCUT2D eigenvalue weighted by atomic mass is 16.5. The Morgan fingerprint density at radius 2 is 1.67 bits per heavy atom. The molecule has 0 amide bonds. The molecule has 0 aliphatic carbocycles. The van der Waals surface area contributed by atoms with Gasteiger partial charge in [0.2, 0.25) is 0 Å². The lowest BCUT2D eigenvalue weighted by atomic mass is 10.0. The molecule has 9 nitrogen and oxygen atoms in total. The van der Waals surface area contributed by atoms with E-state index in [1.54, 1.807) is 32.8 Å². The summed E-state index contributed by atoms with van der Waals surface area (Å²) in [5, 5.41) is 2.54. The molecule has 3 aromatic heterocycles. The third-order valence-electron chi connectivity index (χ3n) is 6.53. The molecule has 2 aromatic carbocycles. The second-order valence-corrected chi connectivity index (χ2v) is 9.50. The summed E-state index contributed by atoms with van der Waals surface area (Å²) < 4.78 is 17.0. The van der Waals surface area contributed by atoms with Crippen molar-refractivity contribution in [2.24, 2.45) is 5.73 Å². The van der Waals surface area contributed by atoms with Gasteiger partial charge in [0, 0.05) is 47.9 Å². The molecule has 5 rings (SSSR count). The van der Waals surface area contributed by atoms with Crippen LogP contribution in [0.4, 0.5) is 5.82 Å². The van der Waals surface area contributed by atoms with Gasteiger partial charge in [0.15, 0.2) is 11.5 Å². The molecular weight excluding hydrogens is 492 g/mol. The first-order valence-corrected chi connectivity index (χ1v) is 12.6. The quantitative estimate of drug-likeness (QED) is 0.258. The number of likely N-dealkylation sites (N-methyl/N-ethyl adjacent to an activating group) is 1. The predicted molar refractivity (Wildman–Crippen MR) is 154 cm³/mol. The van der Waals surface area contributed by atoms with Crippen molar-refractivity contribution in [2.75, 3.05) is 40.2 Å². The van der Waals surface area contributed by atoms with Gasteiger partial charge >= 0.3 is 0 Å². The van der Waals surface area contributed by atoms with Crippen molar-refractivity contribution in [3.8, 4) is 28.5 Å². The van der Waals surface area contributed by atoms with Crippen LogP contribution in [0.5, 0.6) is 17.2 Å². The van der Waals surface area contributed by atoms with Gasteiger partial charge in [-0.2, -0.15) is 0 Å². The molecule has 0 radical (unpaired) electrons. The molecule has 0 aliphatic heterocycles. The lowest BCUT2D eigenvalue weighted by Crippen LogP contribution is -2.39. The number of aromatic nitrogens is 3. The van der Waals surface area contributed by atoms with Crippen molar-refractivity contribution < 1.29 is 14.2 Å². The molecule has 4 N–H and O–H groups in total. The Kier molecular flexibility index (Phi) is 7.72. The number of hydrogen-bond acceptors (Lipinski definition) is 9. The topological polar surface area (TPSA) is 122 Å². The van der Waals surface area contributed by atoms with Crippen LogP contribution >= 0.6 is 0 Å². The van der Waals surface area contributed by atoms with Crippen molar-refractivity contribution in [3.63, 3.8) is 0 Å². The highest BCUT2D eigenvalue weighted by Crippen LogP contribution is 2.37. The van der Waals surface area contributed by atoms with E-state index in [4.69, 9.17) is 25.7 Å². The number of benzene rings is 2. The molecule has 1 atom stereocenters. The van der Waals surface area contributed by atoms with E-state index in [1.165, 1.54) is 5.56 Å². The number of nitrogen functional groups attached to an aromatic ring is 1. The summed E-state index contributed by atoms with van der Waals surface area (Å²) in [6.07, 6.45) is 5.13. The molecule has 0 fully saturated rings. The van der Waals surface area contributed by atoms with Gasteiger partial charge in [-0.15, -0.1) is 0 Å². The molecule has 0 saturated carbocycles. The third-order valence-corrected chi connectivity index (χ3v) is 6.53. The van der Waals surface area contributed by atoms with E-state index in [0.29, 0.717) is 41.9 Å². The van der Waals surface area contributed by atoms with Crippen molar-refractivity contribution in [3.05, 3.63) is 78.8 Å². The molecule has 5 aromatic rings. The average Bonchev–Trinajstić information content (AvgIpc) is 2.95. The molecule has 3 heterocycles.